The number of hydrogen-bond acceptors (Lipinski definition) is 6. The second-order valence-corrected chi connectivity index (χ2v) is 6.82. The van der Waals surface area contributed by atoms with E-state index in [0.717, 1.165) is 67.7 Å². The lowest BCUT2D eigenvalue weighted by Crippen LogP contribution is -2.37. The molecular formula is C19H22N6O. The third-order valence-electron chi connectivity index (χ3n) is 5.16. The third kappa shape index (κ3) is 2.83. The number of hydrogen-bond donors (Lipinski definition) is 1. The second-order valence-electron chi connectivity index (χ2n) is 6.82. The maximum absolute atomic E-state index is 5.53. The van der Waals surface area contributed by atoms with Gasteiger partial charge in [-0.05, 0) is 31.5 Å². The highest BCUT2D eigenvalue weighted by Gasteiger charge is 2.23. The van der Waals surface area contributed by atoms with Gasteiger partial charge in [0.05, 0.1) is 24.6 Å². The zero-order chi connectivity index (χ0) is 17.3. The molecule has 2 fully saturated rings. The summed E-state index contributed by atoms with van der Waals surface area (Å²) >= 11 is 0. The molecule has 0 aliphatic carbocycles. The van der Waals surface area contributed by atoms with Gasteiger partial charge >= 0.3 is 0 Å². The third-order valence-corrected chi connectivity index (χ3v) is 5.16. The van der Waals surface area contributed by atoms with Crippen LogP contribution in [0.1, 0.15) is 24.6 Å². The van der Waals surface area contributed by atoms with Crippen molar-refractivity contribution in [2.75, 3.05) is 37.7 Å². The van der Waals surface area contributed by atoms with Gasteiger partial charge in [-0.1, -0.05) is 0 Å². The molecule has 5 heterocycles. The van der Waals surface area contributed by atoms with Gasteiger partial charge in [0.1, 0.15) is 5.82 Å². The molecule has 3 aromatic rings. The second kappa shape index (κ2) is 6.66. The molecule has 2 saturated heterocycles. The van der Waals surface area contributed by atoms with E-state index in [0.29, 0.717) is 6.04 Å². The molecule has 2 aliphatic heterocycles. The van der Waals surface area contributed by atoms with Crippen molar-refractivity contribution < 1.29 is 4.74 Å². The molecule has 0 saturated carbocycles. The van der Waals surface area contributed by atoms with Crippen LogP contribution in [0.5, 0.6) is 0 Å². The van der Waals surface area contributed by atoms with E-state index in [9.17, 15) is 0 Å². The summed E-state index contributed by atoms with van der Waals surface area (Å²) in [5.74, 6) is 1.10. The molecule has 0 aromatic carbocycles. The molecular weight excluding hydrogens is 328 g/mol. The molecule has 134 valence electrons. The number of anilines is 1. The summed E-state index contributed by atoms with van der Waals surface area (Å²) in [6.07, 6.45) is 5.93. The topological polar surface area (TPSA) is 67.6 Å². The van der Waals surface area contributed by atoms with Crippen molar-refractivity contribution >= 4 is 11.5 Å². The fourth-order valence-electron chi connectivity index (χ4n) is 3.77. The Bertz CT molecular complexity index is 897. The predicted octanol–water partition coefficient (Wildman–Crippen LogP) is 2.05. The molecule has 5 rings (SSSR count). The molecule has 7 heteroatoms. The first-order valence-electron chi connectivity index (χ1n) is 9.26. The zero-order valence-corrected chi connectivity index (χ0v) is 14.6. The molecule has 1 N–H and O–H groups in total. The number of morpholine rings is 1. The number of aromatic nitrogens is 4. The number of ether oxygens (including phenoxy) is 1. The largest absolute Gasteiger partial charge is 0.378 e. The van der Waals surface area contributed by atoms with Crippen LogP contribution in [0, 0.1) is 0 Å². The minimum absolute atomic E-state index is 0.332. The van der Waals surface area contributed by atoms with Crippen LogP contribution in [-0.2, 0) is 4.74 Å². The summed E-state index contributed by atoms with van der Waals surface area (Å²) in [5, 5.41) is 8.41. The van der Waals surface area contributed by atoms with Gasteiger partial charge in [0.2, 0.25) is 0 Å². The lowest BCUT2D eigenvalue weighted by atomic mass is 10.1. The Morgan fingerprint density at radius 1 is 1.12 bits per heavy atom. The predicted molar refractivity (Wildman–Crippen MR) is 99.2 cm³/mol. The van der Waals surface area contributed by atoms with Gasteiger partial charge in [0.15, 0.2) is 5.65 Å². The van der Waals surface area contributed by atoms with Crippen molar-refractivity contribution in [1.82, 2.24) is 24.9 Å². The van der Waals surface area contributed by atoms with Crippen molar-refractivity contribution in [2.45, 2.75) is 18.9 Å². The van der Waals surface area contributed by atoms with E-state index in [1.54, 1.807) is 12.4 Å². The lowest BCUT2D eigenvalue weighted by molar-refractivity contribution is 0.122. The van der Waals surface area contributed by atoms with E-state index < -0.39 is 0 Å². The van der Waals surface area contributed by atoms with Crippen molar-refractivity contribution in [2.24, 2.45) is 0 Å². The maximum Gasteiger partial charge on any atom is 0.158 e. The van der Waals surface area contributed by atoms with Gasteiger partial charge < -0.3 is 15.0 Å². The summed E-state index contributed by atoms with van der Waals surface area (Å²) in [7, 11) is 0. The highest BCUT2D eigenvalue weighted by Crippen LogP contribution is 2.28. The van der Waals surface area contributed by atoms with Crippen LogP contribution in [0.25, 0.3) is 16.9 Å². The van der Waals surface area contributed by atoms with E-state index in [4.69, 9.17) is 14.8 Å². The van der Waals surface area contributed by atoms with E-state index in [2.05, 4.69) is 27.3 Å². The fraction of sp³-hybridized carbons (Fsp3) is 0.421. The first kappa shape index (κ1) is 15.7. The molecule has 0 radical (unpaired) electrons. The quantitative estimate of drug-likeness (QED) is 0.780. The van der Waals surface area contributed by atoms with Gasteiger partial charge in [0.25, 0.3) is 0 Å². The van der Waals surface area contributed by atoms with Crippen LogP contribution in [0.2, 0.25) is 0 Å². The van der Waals surface area contributed by atoms with Crippen molar-refractivity contribution in [3.63, 3.8) is 0 Å². The van der Waals surface area contributed by atoms with E-state index in [1.807, 2.05) is 16.6 Å². The molecule has 0 amide bonds. The fourth-order valence-corrected chi connectivity index (χ4v) is 3.77. The van der Waals surface area contributed by atoms with Crippen LogP contribution < -0.4 is 10.2 Å². The monoisotopic (exact) mass is 350 g/mol. The Kier molecular flexibility index (Phi) is 4.03. The maximum atomic E-state index is 5.53. The number of fused-ring (bicyclic) bond motifs is 1. The molecule has 0 bridgehead atoms. The number of nitrogens with zero attached hydrogens (tertiary/aromatic N) is 5. The average molecular weight is 350 g/mol. The van der Waals surface area contributed by atoms with Crippen molar-refractivity contribution in [3.8, 4) is 11.3 Å². The van der Waals surface area contributed by atoms with Gasteiger partial charge in [-0.3, -0.25) is 4.98 Å². The minimum Gasteiger partial charge on any atom is -0.378 e. The minimum atomic E-state index is 0.332. The van der Waals surface area contributed by atoms with Crippen molar-refractivity contribution in [3.05, 3.63) is 42.4 Å². The first-order valence-corrected chi connectivity index (χ1v) is 9.26. The Morgan fingerprint density at radius 3 is 2.73 bits per heavy atom. The van der Waals surface area contributed by atoms with Crippen LogP contribution in [-0.4, -0.2) is 52.4 Å². The molecule has 26 heavy (non-hydrogen) atoms. The number of nitrogens with one attached hydrogen (secondary N) is 1. The first-order chi connectivity index (χ1) is 12.9. The van der Waals surface area contributed by atoms with Crippen LogP contribution in [0.4, 0.5) is 5.82 Å². The summed E-state index contributed by atoms with van der Waals surface area (Å²) in [6, 6.07) is 8.56. The Hall–Kier alpha value is -2.51. The summed E-state index contributed by atoms with van der Waals surface area (Å²) < 4.78 is 7.50. The number of rotatable bonds is 3. The molecule has 1 atom stereocenters. The molecule has 7 nitrogen and oxygen atoms in total. The molecule has 0 spiro atoms. The molecule has 2 aliphatic rings. The summed E-state index contributed by atoms with van der Waals surface area (Å²) in [6.45, 7) is 4.31. The molecule has 1 unspecified atom stereocenters. The van der Waals surface area contributed by atoms with Gasteiger partial charge in [0, 0.05) is 49.2 Å². The van der Waals surface area contributed by atoms with Gasteiger partial charge in [-0.15, -0.1) is 0 Å². The van der Waals surface area contributed by atoms with E-state index in [-0.39, 0.29) is 0 Å². The Balaban J connectivity index is 1.64. The standard InChI is InChI=1S/C19H22N6O/c1-2-15(21-5-1)17-13-19(24-8-10-26-11-9-24)25-18(22-17)12-16(23-25)14-3-6-20-7-4-14/h3-4,6-7,12-13,15,21H,1-2,5,8-11H2. The van der Waals surface area contributed by atoms with Crippen molar-refractivity contribution in [1.29, 1.82) is 0 Å². The highest BCUT2D eigenvalue weighted by atomic mass is 16.5. The highest BCUT2D eigenvalue weighted by molar-refractivity contribution is 5.65. The van der Waals surface area contributed by atoms with Crippen LogP contribution >= 0.6 is 0 Å². The van der Waals surface area contributed by atoms with Gasteiger partial charge in [-0.25, -0.2) is 4.98 Å². The average Bonchev–Trinajstić information content (AvgIpc) is 3.38. The van der Waals surface area contributed by atoms with Gasteiger partial charge in [-0.2, -0.15) is 9.61 Å². The molecule has 3 aromatic heterocycles. The normalized spacial score (nSPS) is 20.8. The Labute approximate surface area is 152 Å². The Morgan fingerprint density at radius 2 is 1.96 bits per heavy atom. The summed E-state index contributed by atoms with van der Waals surface area (Å²) in [5.41, 5.74) is 3.98. The van der Waals surface area contributed by atoms with Crippen LogP contribution in [0.15, 0.2) is 36.7 Å². The zero-order valence-electron chi connectivity index (χ0n) is 14.6. The van der Waals surface area contributed by atoms with E-state index in [1.165, 1.54) is 6.42 Å². The van der Waals surface area contributed by atoms with E-state index >= 15 is 0 Å². The summed E-state index contributed by atoms with van der Waals surface area (Å²) in [4.78, 5) is 11.4. The van der Waals surface area contributed by atoms with Crippen LogP contribution in [0.3, 0.4) is 0 Å². The SMILES string of the molecule is c1cc(-c2cc3nc(C4CCCN4)cc(N4CCOCC4)n3n2)ccn1. The lowest BCUT2D eigenvalue weighted by Gasteiger charge is -2.29. The number of pyridine rings is 1. The smallest absolute Gasteiger partial charge is 0.158 e.